The smallest absolute Gasteiger partial charge is 0.146 e. The summed E-state index contributed by atoms with van der Waals surface area (Å²) in [5.74, 6) is 4.31. The van der Waals surface area contributed by atoms with Gasteiger partial charge in [0.1, 0.15) is 5.82 Å². The zero-order valence-electron chi connectivity index (χ0n) is 6.69. The van der Waals surface area contributed by atoms with Crippen molar-refractivity contribution < 1.29 is 9.23 Å². The summed E-state index contributed by atoms with van der Waals surface area (Å²) in [4.78, 5) is 4.33. The molecule has 0 heterocycles. The van der Waals surface area contributed by atoms with Gasteiger partial charge in [-0.2, -0.15) is 0 Å². The van der Waals surface area contributed by atoms with Crippen molar-refractivity contribution in [3.63, 3.8) is 0 Å². The van der Waals surface area contributed by atoms with E-state index in [1.165, 1.54) is 6.07 Å². The van der Waals surface area contributed by atoms with E-state index in [4.69, 9.17) is 29.1 Å². The van der Waals surface area contributed by atoms with E-state index in [1.807, 2.05) is 0 Å². The second-order valence-corrected chi connectivity index (χ2v) is 3.26. The summed E-state index contributed by atoms with van der Waals surface area (Å²) in [6.07, 6.45) is 0.307. The Hall–Kier alpha value is -0.350. The monoisotopic (exact) mass is 223 g/mol. The third-order valence-corrected chi connectivity index (χ3v) is 2.25. The van der Waals surface area contributed by atoms with Gasteiger partial charge in [-0.1, -0.05) is 23.2 Å². The Morgan fingerprint density at radius 3 is 2.54 bits per heavy atom. The van der Waals surface area contributed by atoms with Crippen molar-refractivity contribution in [3.05, 3.63) is 33.6 Å². The average Bonchev–Trinajstić information content (AvgIpc) is 2.12. The highest BCUT2D eigenvalue weighted by molar-refractivity contribution is 6.33. The van der Waals surface area contributed by atoms with Gasteiger partial charge in [-0.25, -0.2) is 10.3 Å². The Labute approximate surface area is 85.3 Å². The molecule has 1 aromatic carbocycles. The Balaban J connectivity index is 2.96. The third-order valence-electron chi connectivity index (χ3n) is 1.61. The van der Waals surface area contributed by atoms with Crippen LogP contribution < -0.4 is 5.90 Å². The van der Waals surface area contributed by atoms with E-state index >= 15 is 0 Å². The Morgan fingerprint density at radius 1 is 1.31 bits per heavy atom. The molecular formula is C8H8Cl2FNO. The van der Waals surface area contributed by atoms with Gasteiger partial charge in [0.05, 0.1) is 11.6 Å². The van der Waals surface area contributed by atoms with Crippen molar-refractivity contribution in [2.45, 2.75) is 6.42 Å². The van der Waals surface area contributed by atoms with Crippen molar-refractivity contribution in [3.8, 4) is 0 Å². The van der Waals surface area contributed by atoms with E-state index in [0.29, 0.717) is 17.0 Å². The summed E-state index contributed by atoms with van der Waals surface area (Å²) >= 11 is 11.3. The zero-order chi connectivity index (χ0) is 9.84. The maximum Gasteiger partial charge on any atom is 0.146 e. The molecule has 0 aromatic heterocycles. The molecule has 0 amide bonds. The van der Waals surface area contributed by atoms with Gasteiger partial charge in [0.25, 0.3) is 0 Å². The lowest BCUT2D eigenvalue weighted by atomic mass is 10.1. The van der Waals surface area contributed by atoms with Crippen LogP contribution in [0.25, 0.3) is 0 Å². The van der Waals surface area contributed by atoms with Crippen molar-refractivity contribution in [2.75, 3.05) is 6.61 Å². The predicted molar refractivity (Wildman–Crippen MR) is 50.3 cm³/mol. The summed E-state index contributed by atoms with van der Waals surface area (Å²) in [7, 11) is 0. The lowest BCUT2D eigenvalue weighted by molar-refractivity contribution is 0.140. The highest BCUT2D eigenvalue weighted by Crippen LogP contribution is 2.25. The zero-order valence-corrected chi connectivity index (χ0v) is 8.20. The summed E-state index contributed by atoms with van der Waals surface area (Å²) in [6, 6.07) is 2.95. The first-order chi connectivity index (χ1) is 6.16. The molecule has 72 valence electrons. The van der Waals surface area contributed by atoms with Gasteiger partial charge in [-0.15, -0.1) is 0 Å². The fourth-order valence-electron chi connectivity index (χ4n) is 0.959. The lowest BCUT2D eigenvalue weighted by Gasteiger charge is -2.05. The first-order valence-corrected chi connectivity index (χ1v) is 4.36. The number of halogens is 3. The average molecular weight is 224 g/mol. The second-order valence-electron chi connectivity index (χ2n) is 2.44. The van der Waals surface area contributed by atoms with Gasteiger partial charge >= 0.3 is 0 Å². The predicted octanol–water partition coefficient (Wildman–Crippen LogP) is 2.57. The van der Waals surface area contributed by atoms with Crippen LogP contribution in [0.4, 0.5) is 4.39 Å². The molecule has 2 nitrogen and oxygen atoms in total. The molecule has 2 N–H and O–H groups in total. The molecule has 0 bridgehead atoms. The molecule has 0 spiro atoms. The van der Waals surface area contributed by atoms with Crippen LogP contribution in [0, 0.1) is 5.82 Å². The van der Waals surface area contributed by atoms with Crippen LogP contribution in [0.3, 0.4) is 0 Å². The fourth-order valence-corrected chi connectivity index (χ4v) is 1.38. The fraction of sp³-hybridized carbons (Fsp3) is 0.250. The molecule has 13 heavy (non-hydrogen) atoms. The Kier molecular flexibility index (Phi) is 3.93. The quantitative estimate of drug-likeness (QED) is 0.632. The number of hydrogen-bond acceptors (Lipinski definition) is 2. The van der Waals surface area contributed by atoms with Gasteiger partial charge in [0.2, 0.25) is 0 Å². The van der Waals surface area contributed by atoms with E-state index in [1.54, 1.807) is 6.07 Å². The minimum atomic E-state index is -0.508. The SMILES string of the molecule is NOCCc1c(Cl)ccc(Cl)c1F. The van der Waals surface area contributed by atoms with Crippen LogP contribution in [0.2, 0.25) is 10.0 Å². The Morgan fingerprint density at radius 2 is 1.92 bits per heavy atom. The molecule has 0 radical (unpaired) electrons. The van der Waals surface area contributed by atoms with E-state index in [0.717, 1.165) is 0 Å². The maximum absolute atomic E-state index is 13.3. The van der Waals surface area contributed by atoms with Gasteiger partial charge < -0.3 is 4.84 Å². The van der Waals surface area contributed by atoms with Gasteiger partial charge in [0.15, 0.2) is 0 Å². The lowest BCUT2D eigenvalue weighted by Crippen LogP contribution is -2.05. The second kappa shape index (κ2) is 4.77. The largest absolute Gasteiger partial charge is 0.304 e. The third kappa shape index (κ3) is 2.54. The van der Waals surface area contributed by atoms with E-state index < -0.39 is 5.82 Å². The van der Waals surface area contributed by atoms with Crippen LogP contribution in [0.1, 0.15) is 5.56 Å². The number of nitrogens with two attached hydrogens (primary N) is 1. The van der Waals surface area contributed by atoms with Crippen molar-refractivity contribution in [2.24, 2.45) is 5.90 Å². The molecule has 0 saturated carbocycles. The molecule has 1 rings (SSSR count). The molecule has 0 saturated heterocycles. The highest BCUT2D eigenvalue weighted by Gasteiger charge is 2.10. The molecule has 0 aliphatic rings. The number of rotatable bonds is 3. The summed E-state index contributed by atoms with van der Waals surface area (Å²) in [5.41, 5.74) is 0.333. The summed E-state index contributed by atoms with van der Waals surface area (Å²) in [5, 5.41) is 0.385. The minimum Gasteiger partial charge on any atom is -0.304 e. The standard InChI is InChI=1S/C8H8Cl2FNO/c9-6-1-2-7(10)8(11)5(6)3-4-13-12/h1-2H,3-4,12H2. The molecule has 5 heteroatoms. The van der Waals surface area contributed by atoms with Crippen LogP contribution in [0.15, 0.2) is 12.1 Å². The van der Waals surface area contributed by atoms with Crippen LogP contribution in [-0.4, -0.2) is 6.61 Å². The molecular weight excluding hydrogens is 216 g/mol. The molecule has 0 fully saturated rings. The van der Waals surface area contributed by atoms with Gasteiger partial charge in [0, 0.05) is 17.0 Å². The normalized spacial score (nSPS) is 10.5. The summed E-state index contributed by atoms with van der Waals surface area (Å²) < 4.78 is 13.3. The maximum atomic E-state index is 13.3. The molecule has 0 aliphatic heterocycles. The van der Waals surface area contributed by atoms with Crippen molar-refractivity contribution >= 4 is 23.2 Å². The van der Waals surface area contributed by atoms with Crippen LogP contribution >= 0.6 is 23.2 Å². The first-order valence-electron chi connectivity index (χ1n) is 3.61. The van der Waals surface area contributed by atoms with Crippen LogP contribution in [-0.2, 0) is 11.3 Å². The molecule has 0 unspecified atom stereocenters. The van der Waals surface area contributed by atoms with Crippen molar-refractivity contribution in [1.29, 1.82) is 0 Å². The minimum absolute atomic E-state index is 0.0522. The van der Waals surface area contributed by atoms with Gasteiger partial charge in [-0.05, 0) is 12.1 Å². The van der Waals surface area contributed by atoms with E-state index in [-0.39, 0.29) is 11.6 Å². The summed E-state index contributed by atoms with van der Waals surface area (Å²) in [6.45, 7) is 0.205. The van der Waals surface area contributed by atoms with E-state index in [9.17, 15) is 4.39 Å². The topological polar surface area (TPSA) is 35.2 Å². The van der Waals surface area contributed by atoms with Gasteiger partial charge in [-0.3, -0.25) is 0 Å². The number of hydrogen-bond donors (Lipinski definition) is 1. The van der Waals surface area contributed by atoms with E-state index in [2.05, 4.69) is 4.84 Å². The first kappa shape index (κ1) is 10.7. The molecule has 0 atom stereocenters. The number of benzene rings is 1. The molecule has 0 aliphatic carbocycles. The Bertz CT molecular complexity index is 306. The van der Waals surface area contributed by atoms with Crippen molar-refractivity contribution in [1.82, 2.24) is 0 Å². The highest BCUT2D eigenvalue weighted by atomic mass is 35.5. The molecule has 1 aromatic rings. The van der Waals surface area contributed by atoms with Crippen LogP contribution in [0.5, 0.6) is 0 Å².